The molecule has 1 atom stereocenters. The molecule has 30 heavy (non-hydrogen) atoms. The standard InChI is InChI=1S/C23H28N4O2S/c1-13-6-8-16(10-14(13)2)24-19(28)12-27-22(29)20-17-9-7-15(23(3,4)5)11-18(17)30-21(20)25-26-27/h6,8,10,15H,7,9,11-12H2,1-5H3,(H,24,28)/t15-/m0/s1. The minimum atomic E-state index is -0.286. The van der Waals surface area contributed by atoms with Crippen LogP contribution < -0.4 is 10.9 Å². The van der Waals surface area contributed by atoms with E-state index in [1.54, 1.807) is 11.3 Å². The van der Waals surface area contributed by atoms with Crippen LogP contribution in [0.1, 0.15) is 48.8 Å². The minimum absolute atomic E-state index is 0.149. The average molecular weight is 425 g/mol. The van der Waals surface area contributed by atoms with E-state index in [2.05, 4.69) is 36.4 Å². The number of rotatable bonds is 3. The van der Waals surface area contributed by atoms with Crippen LogP contribution in [0.25, 0.3) is 10.2 Å². The van der Waals surface area contributed by atoms with Gasteiger partial charge >= 0.3 is 0 Å². The number of carbonyl (C=O) groups excluding carboxylic acids is 1. The molecule has 1 amide bonds. The van der Waals surface area contributed by atoms with Crippen LogP contribution in [0.4, 0.5) is 5.69 Å². The first kappa shape index (κ1) is 20.7. The molecule has 1 aliphatic carbocycles. The maximum absolute atomic E-state index is 13.1. The zero-order chi connectivity index (χ0) is 21.6. The number of thiophene rings is 1. The van der Waals surface area contributed by atoms with Crippen LogP contribution >= 0.6 is 11.3 Å². The minimum Gasteiger partial charge on any atom is -0.324 e. The van der Waals surface area contributed by atoms with E-state index in [1.165, 1.54) is 9.56 Å². The van der Waals surface area contributed by atoms with Crippen molar-refractivity contribution in [1.29, 1.82) is 0 Å². The molecule has 1 aromatic carbocycles. The molecule has 4 rings (SSSR count). The van der Waals surface area contributed by atoms with Crippen molar-refractivity contribution >= 4 is 33.1 Å². The number of hydrogen-bond donors (Lipinski definition) is 1. The highest BCUT2D eigenvalue weighted by molar-refractivity contribution is 7.18. The Bertz CT molecular complexity index is 1190. The van der Waals surface area contributed by atoms with E-state index in [4.69, 9.17) is 0 Å². The number of benzene rings is 1. The Labute approximate surface area is 180 Å². The number of aryl methyl sites for hydroxylation is 3. The molecule has 0 aliphatic heterocycles. The first-order valence-electron chi connectivity index (χ1n) is 10.4. The molecule has 1 aliphatic rings. The van der Waals surface area contributed by atoms with Gasteiger partial charge in [-0.3, -0.25) is 9.59 Å². The molecular weight excluding hydrogens is 396 g/mol. The Kier molecular flexibility index (Phi) is 5.26. The molecule has 7 heteroatoms. The third-order valence-corrected chi connectivity index (χ3v) is 7.39. The van der Waals surface area contributed by atoms with Gasteiger partial charge in [0, 0.05) is 10.6 Å². The highest BCUT2D eigenvalue weighted by Crippen LogP contribution is 2.41. The number of anilines is 1. The van der Waals surface area contributed by atoms with Crippen molar-refractivity contribution in [1.82, 2.24) is 15.0 Å². The highest BCUT2D eigenvalue weighted by Gasteiger charge is 2.32. The van der Waals surface area contributed by atoms with Crippen LogP contribution in [0.2, 0.25) is 0 Å². The molecule has 0 unspecified atom stereocenters. The molecule has 0 saturated heterocycles. The van der Waals surface area contributed by atoms with Crippen LogP contribution in [-0.2, 0) is 24.2 Å². The third-order valence-electron chi connectivity index (χ3n) is 6.25. The molecule has 6 nitrogen and oxygen atoms in total. The number of carbonyl (C=O) groups is 1. The second-order valence-corrected chi connectivity index (χ2v) is 10.5. The lowest BCUT2D eigenvalue weighted by atomic mass is 9.72. The van der Waals surface area contributed by atoms with Crippen molar-refractivity contribution < 1.29 is 4.79 Å². The van der Waals surface area contributed by atoms with Crippen LogP contribution in [0.5, 0.6) is 0 Å². The first-order valence-corrected chi connectivity index (χ1v) is 11.2. The van der Waals surface area contributed by atoms with Gasteiger partial charge < -0.3 is 5.32 Å². The number of fused-ring (bicyclic) bond motifs is 3. The molecule has 158 valence electrons. The summed E-state index contributed by atoms with van der Waals surface area (Å²) in [6.07, 6.45) is 2.93. The summed E-state index contributed by atoms with van der Waals surface area (Å²) in [5, 5.41) is 11.8. The fourth-order valence-corrected chi connectivity index (χ4v) is 5.36. The molecule has 0 saturated carbocycles. The second kappa shape index (κ2) is 7.61. The Morgan fingerprint density at radius 3 is 2.73 bits per heavy atom. The molecule has 0 bridgehead atoms. The fourth-order valence-electron chi connectivity index (χ4n) is 4.13. The predicted molar refractivity (Wildman–Crippen MR) is 121 cm³/mol. The monoisotopic (exact) mass is 424 g/mol. The van der Waals surface area contributed by atoms with E-state index >= 15 is 0 Å². The summed E-state index contributed by atoms with van der Waals surface area (Å²) in [6, 6.07) is 5.75. The normalized spacial score (nSPS) is 16.5. The summed E-state index contributed by atoms with van der Waals surface area (Å²) in [4.78, 5) is 27.6. The Morgan fingerprint density at radius 2 is 2.03 bits per heavy atom. The summed E-state index contributed by atoms with van der Waals surface area (Å²) < 4.78 is 1.18. The fraction of sp³-hybridized carbons (Fsp3) is 0.478. The van der Waals surface area contributed by atoms with Crippen LogP contribution in [0, 0.1) is 25.2 Å². The first-order chi connectivity index (χ1) is 14.1. The van der Waals surface area contributed by atoms with Crippen LogP contribution in [0.3, 0.4) is 0 Å². The molecule has 0 spiro atoms. The molecule has 0 fully saturated rings. The smallest absolute Gasteiger partial charge is 0.279 e. The van der Waals surface area contributed by atoms with Gasteiger partial charge in [0.05, 0.1) is 5.39 Å². The summed E-state index contributed by atoms with van der Waals surface area (Å²) in [5.74, 6) is 0.308. The third kappa shape index (κ3) is 3.90. The average Bonchev–Trinajstić information content (AvgIpc) is 3.05. The summed E-state index contributed by atoms with van der Waals surface area (Å²) in [7, 11) is 0. The van der Waals surface area contributed by atoms with E-state index in [9.17, 15) is 9.59 Å². The largest absolute Gasteiger partial charge is 0.324 e. The van der Waals surface area contributed by atoms with Crippen molar-refractivity contribution in [3.63, 3.8) is 0 Å². The lowest BCUT2D eigenvalue weighted by molar-refractivity contribution is -0.117. The zero-order valence-electron chi connectivity index (χ0n) is 18.2. The number of aromatic nitrogens is 3. The van der Waals surface area contributed by atoms with E-state index in [0.29, 0.717) is 21.8 Å². The van der Waals surface area contributed by atoms with Gasteiger partial charge in [0.25, 0.3) is 5.56 Å². The molecule has 1 N–H and O–H groups in total. The van der Waals surface area contributed by atoms with E-state index in [0.717, 1.165) is 36.0 Å². The summed E-state index contributed by atoms with van der Waals surface area (Å²) in [6.45, 7) is 10.7. The Balaban J connectivity index is 1.59. The predicted octanol–water partition coefficient (Wildman–Crippen LogP) is 4.26. The molecule has 0 radical (unpaired) electrons. The van der Waals surface area contributed by atoms with Gasteiger partial charge in [-0.2, -0.15) is 0 Å². The summed E-state index contributed by atoms with van der Waals surface area (Å²) in [5.41, 5.74) is 4.11. The number of amides is 1. The number of nitrogens with one attached hydrogen (secondary N) is 1. The van der Waals surface area contributed by atoms with Crippen molar-refractivity contribution in [3.8, 4) is 0 Å². The van der Waals surface area contributed by atoms with Crippen molar-refractivity contribution in [2.75, 3.05) is 5.32 Å². The SMILES string of the molecule is Cc1ccc(NC(=O)Cn2nnc3sc4c(c3c2=O)CC[C@H](C(C)(C)C)C4)cc1C. The summed E-state index contributed by atoms with van der Waals surface area (Å²) >= 11 is 1.58. The molecule has 2 aromatic heterocycles. The molecule has 2 heterocycles. The van der Waals surface area contributed by atoms with Gasteiger partial charge in [0.1, 0.15) is 6.54 Å². The highest BCUT2D eigenvalue weighted by atomic mass is 32.1. The Morgan fingerprint density at radius 1 is 1.27 bits per heavy atom. The number of hydrogen-bond acceptors (Lipinski definition) is 5. The van der Waals surface area contributed by atoms with Crippen molar-refractivity contribution in [2.24, 2.45) is 11.3 Å². The van der Waals surface area contributed by atoms with Gasteiger partial charge in [-0.1, -0.05) is 32.1 Å². The molecular formula is C23H28N4O2S. The van der Waals surface area contributed by atoms with Crippen LogP contribution in [0.15, 0.2) is 23.0 Å². The lowest BCUT2D eigenvalue weighted by Crippen LogP contribution is -2.31. The number of nitrogens with zero attached hydrogens (tertiary/aromatic N) is 3. The van der Waals surface area contributed by atoms with Crippen LogP contribution in [-0.4, -0.2) is 20.9 Å². The van der Waals surface area contributed by atoms with E-state index in [-0.39, 0.29) is 23.4 Å². The van der Waals surface area contributed by atoms with Gasteiger partial charge in [0.2, 0.25) is 5.91 Å². The topological polar surface area (TPSA) is 76.9 Å². The maximum Gasteiger partial charge on any atom is 0.279 e. The quantitative estimate of drug-likeness (QED) is 0.682. The van der Waals surface area contributed by atoms with Gasteiger partial charge in [-0.05, 0) is 73.3 Å². The van der Waals surface area contributed by atoms with Crippen molar-refractivity contribution in [2.45, 2.75) is 60.4 Å². The lowest BCUT2D eigenvalue weighted by Gasteiger charge is -2.33. The van der Waals surface area contributed by atoms with E-state index < -0.39 is 0 Å². The van der Waals surface area contributed by atoms with E-state index in [1.807, 2.05) is 32.0 Å². The zero-order valence-corrected chi connectivity index (χ0v) is 19.0. The van der Waals surface area contributed by atoms with Gasteiger partial charge in [-0.15, -0.1) is 16.4 Å². The van der Waals surface area contributed by atoms with Crippen molar-refractivity contribution in [3.05, 3.63) is 50.1 Å². The maximum atomic E-state index is 13.1. The van der Waals surface area contributed by atoms with Gasteiger partial charge in [-0.25, -0.2) is 4.68 Å². The second-order valence-electron chi connectivity index (χ2n) is 9.39. The van der Waals surface area contributed by atoms with Gasteiger partial charge in [0.15, 0.2) is 4.83 Å². The Hall–Kier alpha value is -2.54. The molecule has 3 aromatic rings.